The van der Waals surface area contributed by atoms with Gasteiger partial charge in [0, 0.05) is 94.2 Å². The van der Waals surface area contributed by atoms with E-state index in [9.17, 15) is 59.8 Å². The monoisotopic (exact) mass is 1320 g/mol. The van der Waals surface area contributed by atoms with Crippen LogP contribution in [0.2, 0.25) is 0 Å². The lowest BCUT2D eigenvalue weighted by molar-refractivity contribution is -0.143. The predicted octanol–water partition coefficient (Wildman–Crippen LogP) is 11.5. The van der Waals surface area contributed by atoms with E-state index in [0.717, 1.165) is 32.8 Å². The number of Topliss-reactive ketones (excluding diaryl/α,β-unsaturated/α-hetero) is 1. The third kappa shape index (κ3) is 15.7. The number of para-hydroxylation sites is 1. The van der Waals surface area contributed by atoms with Crippen LogP contribution in [0.15, 0.2) is 146 Å². The molecule has 3 heterocycles. The molecule has 0 aromatic heterocycles. The van der Waals surface area contributed by atoms with Gasteiger partial charge in [-0.1, -0.05) is 84.9 Å². The summed E-state index contributed by atoms with van der Waals surface area (Å²) in [6, 6.07) is 37.5. The normalized spacial score (nSPS) is 19.1. The highest BCUT2D eigenvalue weighted by atomic mass is 19.4. The molecule has 0 radical (unpaired) electrons. The molecule has 1 aliphatic carbocycles. The van der Waals surface area contributed by atoms with Gasteiger partial charge in [0.15, 0.2) is 5.78 Å². The first kappa shape index (κ1) is 69.6. The zero-order chi connectivity index (χ0) is 68.0. The van der Waals surface area contributed by atoms with E-state index >= 15 is 0 Å². The van der Waals surface area contributed by atoms with E-state index in [0.29, 0.717) is 120 Å². The van der Waals surface area contributed by atoms with Gasteiger partial charge in [-0.05, 0) is 155 Å². The molecule has 4 atom stereocenters. The summed E-state index contributed by atoms with van der Waals surface area (Å²) >= 11 is 0. The van der Waals surface area contributed by atoms with Gasteiger partial charge in [-0.15, -0.1) is 0 Å². The Labute approximate surface area is 549 Å². The topological polar surface area (TPSA) is 159 Å². The fourth-order valence-corrected chi connectivity index (χ4v) is 14.1. The third-order valence-corrected chi connectivity index (χ3v) is 19.8. The van der Waals surface area contributed by atoms with Crippen LogP contribution in [0.4, 0.5) is 46.9 Å². The molecule has 2 N–H and O–H groups in total. The highest BCUT2D eigenvalue weighted by molar-refractivity contribution is 5.96. The van der Waals surface area contributed by atoms with Gasteiger partial charge in [-0.3, -0.25) is 24.1 Å². The standard InChI is InChI=1S/C72H81F7N8O8/c1-48(65(89)61(80-2)44-85-35-28-58(29-36-85)87(68(92)93)62-19-12-10-17-59(62)49-14-7-6-8-15-49)83(5)57-26-20-50(21-27-57)66(90)82(4)34-13-33-81(3)64(88)45-94-63-42-51-16-9-11-18-60(51)69(63)30-37-84(38-31-69)39-32-70(53-22-24-56(73)25-23-53)46-86(47-95-70)67(91)52-40-54(71(74,75)76)43-55(41-52)72(77,78)79/h6-12,14-27,40-41,43,48,58,61,63,80H,13,28-39,42,44-47H2,1-5H3,(H,92,93)/t48-,61?,63-,70+/m0/s1. The Hall–Kier alpha value is -8.22. The molecule has 16 nitrogen and oxygen atoms in total. The van der Waals surface area contributed by atoms with Gasteiger partial charge in [0.1, 0.15) is 24.8 Å². The minimum absolute atomic E-state index is 0.00700. The van der Waals surface area contributed by atoms with E-state index in [1.54, 1.807) is 43.1 Å². The second kappa shape index (κ2) is 29.4. The number of benzene rings is 6. The number of hydrogen-bond donors (Lipinski definition) is 2. The second-order valence-electron chi connectivity index (χ2n) is 25.5. The first-order chi connectivity index (χ1) is 45.3. The Balaban J connectivity index is 0.678. The number of fused-ring (bicyclic) bond motifs is 2. The molecule has 3 aliphatic heterocycles. The summed E-state index contributed by atoms with van der Waals surface area (Å²) in [6.45, 7) is 5.06. The molecule has 23 heteroatoms. The molecular formula is C72H81F7N8O8. The maximum atomic E-state index is 14.3. The summed E-state index contributed by atoms with van der Waals surface area (Å²) < 4.78 is 110. The Morgan fingerprint density at radius 3 is 2.00 bits per heavy atom. The van der Waals surface area contributed by atoms with E-state index < -0.39 is 76.7 Å². The highest BCUT2D eigenvalue weighted by Gasteiger charge is 2.50. The van der Waals surface area contributed by atoms with Crippen LogP contribution in [0.1, 0.15) is 94.0 Å². The van der Waals surface area contributed by atoms with Gasteiger partial charge in [-0.25, -0.2) is 9.18 Å². The Morgan fingerprint density at radius 2 is 1.36 bits per heavy atom. The molecule has 6 aromatic rings. The number of likely N-dealkylation sites (N-methyl/N-ethyl adjacent to an activating group) is 3. The number of piperidine rings is 2. The van der Waals surface area contributed by atoms with Crippen LogP contribution in [0.25, 0.3) is 11.1 Å². The van der Waals surface area contributed by atoms with Crippen LogP contribution >= 0.6 is 0 Å². The molecule has 0 bridgehead atoms. The quantitative estimate of drug-likeness (QED) is 0.0586. The summed E-state index contributed by atoms with van der Waals surface area (Å²) in [7, 11) is 7.02. The molecule has 1 spiro atoms. The molecule has 0 saturated carbocycles. The number of carboxylic acid groups (broad SMARTS) is 1. The fraction of sp³-hybridized carbons (Fsp3) is 0.431. The average Bonchev–Trinajstić information content (AvgIpc) is 1.64. The summed E-state index contributed by atoms with van der Waals surface area (Å²) in [4.78, 5) is 80.1. The minimum Gasteiger partial charge on any atom is -0.465 e. The number of halogens is 7. The first-order valence-electron chi connectivity index (χ1n) is 32.1. The average molecular weight is 1320 g/mol. The lowest BCUT2D eigenvalue weighted by Crippen LogP contribution is -2.54. The lowest BCUT2D eigenvalue weighted by atomic mass is 9.72. The zero-order valence-corrected chi connectivity index (χ0v) is 54.0. The number of carbonyl (C=O) groups is 5. The third-order valence-electron chi connectivity index (χ3n) is 19.8. The second-order valence-corrected chi connectivity index (χ2v) is 25.5. The summed E-state index contributed by atoms with van der Waals surface area (Å²) in [5, 5.41) is 13.7. The molecule has 3 saturated heterocycles. The number of nitrogens with one attached hydrogen (secondary N) is 1. The molecule has 95 heavy (non-hydrogen) atoms. The summed E-state index contributed by atoms with van der Waals surface area (Å²) in [5.41, 5.74) is 0.700. The smallest absolute Gasteiger partial charge is 0.416 e. The van der Waals surface area contributed by atoms with Crippen molar-refractivity contribution >= 4 is 41.0 Å². The Morgan fingerprint density at radius 1 is 0.737 bits per heavy atom. The molecule has 6 aromatic carbocycles. The van der Waals surface area contributed by atoms with E-state index in [1.807, 2.05) is 97.7 Å². The number of carbonyl (C=O) groups excluding carboxylic acids is 4. The van der Waals surface area contributed by atoms with Crippen LogP contribution in [0.3, 0.4) is 0 Å². The molecular weight excluding hydrogens is 1240 g/mol. The van der Waals surface area contributed by atoms with Crippen molar-refractivity contribution in [2.24, 2.45) is 0 Å². The maximum absolute atomic E-state index is 14.3. The number of amides is 4. The van der Waals surface area contributed by atoms with Crippen molar-refractivity contribution in [2.75, 3.05) is 110 Å². The van der Waals surface area contributed by atoms with Crippen molar-refractivity contribution in [1.29, 1.82) is 0 Å². The molecule has 3 fully saturated rings. The van der Waals surface area contributed by atoms with Crippen LogP contribution < -0.4 is 15.1 Å². The molecule has 1 unspecified atom stereocenters. The van der Waals surface area contributed by atoms with Crippen LogP contribution in [0.5, 0.6) is 0 Å². The largest absolute Gasteiger partial charge is 0.465 e. The van der Waals surface area contributed by atoms with Gasteiger partial charge in [0.2, 0.25) is 5.91 Å². The van der Waals surface area contributed by atoms with Gasteiger partial charge < -0.3 is 49.3 Å². The van der Waals surface area contributed by atoms with E-state index in [4.69, 9.17) is 9.47 Å². The summed E-state index contributed by atoms with van der Waals surface area (Å²) in [5.74, 6) is -2.04. The molecule has 4 aliphatic rings. The van der Waals surface area contributed by atoms with Crippen molar-refractivity contribution in [2.45, 2.75) is 99.5 Å². The minimum atomic E-state index is -5.15. The van der Waals surface area contributed by atoms with Gasteiger partial charge in [0.05, 0.1) is 41.5 Å². The lowest BCUT2D eigenvalue weighted by Gasteiger charge is -2.44. The molecule has 10 rings (SSSR count). The summed E-state index contributed by atoms with van der Waals surface area (Å²) in [6.07, 6.45) is -7.76. The number of ether oxygens (including phenoxy) is 2. The van der Waals surface area contributed by atoms with Crippen LogP contribution in [-0.4, -0.2) is 184 Å². The zero-order valence-electron chi connectivity index (χ0n) is 54.0. The van der Waals surface area contributed by atoms with E-state index in [-0.39, 0.29) is 55.4 Å². The first-order valence-corrected chi connectivity index (χ1v) is 32.1. The van der Waals surface area contributed by atoms with E-state index in [1.165, 1.54) is 29.2 Å². The van der Waals surface area contributed by atoms with Crippen LogP contribution in [-0.2, 0) is 48.9 Å². The Kier molecular flexibility index (Phi) is 21.6. The number of alkyl halides is 6. The number of rotatable bonds is 23. The Bertz CT molecular complexity index is 3640. The SMILES string of the molecule is CNC(CN1CCC(N(C(=O)O)c2ccccc2-c2ccccc2)CC1)C(=O)[C@H](C)N(C)c1ccc(C(=O)N(C)CCCN(C)C(=O)CO[C@H]2Cc3ccccc3C23CCN(CC[C@]2(c4ccc(F)cc4)CN(C(=O)c4cc(C(F)(F)F)cc(C(F)(F)F)c4)CO2)CC3)cc1. The van der Waals surface area contributed by atoms with Gasteiger partial charge in [0.25, 0.3) is 11.8 Å². The van der Waals surface area contributed by atoms with Crippen molar-refractivity contribution in [3.05, 3.63) is 190 Å². The van der Waals surface area contributed by atoms with Gasteiger partial charge >= 0.3 is 18.4 Å². The number of hydrogen-bond acceptors (Lipinski definition) is 11. The number of ketones is 1. The fourth-order valence-electron chi connectivity index (χ4n) is 14.1. The number of nitrogens with zero attached hydrogens (tertiary/aromatic N) is 7. The molecule has 4 amide bonds. The highest BCUT2D eigenvalue weighted by Crippen LogP contribution is 2.49. The maximum Gasteiger partial charge on any atom is 0.416 e. The van der Waals surface area contributed by atoms with Crippen molar-refractivity contribution in [3.8, 4) is 11.1 Å². The number of likely N-dealkylation sites (tertiary alicyclic amines) is 2. The number of anilines is 2. The van der Waals surface area contributed by atoms with Gasteiger partial charge in [-0.2, -0.15) is 26.3 Å². The van der Waals surface area contributed by atoms with Crippen LogP contribution in [0, 0.1) is 5.82 Å². The van der Waals surface area contributed by atoms with Crippen molar-refractivity contribution in [1.82, 2.24) is 29.8 Å². The van der Waals surface area contributed by atoms with Crippen molar-refractivity contribution < 1.29 is 69.3 Å². The van der Waals surface area contributed by atoms with E-state index in [2.05, 4.69) is 27.2 Å². The molecule has 506 valence electrons. The van der Waals surface area contributed by atoms with Crippen molar-refractivity contribution in [3.63, 3.8) is 0 Å². The predicted molar refractivity (Wildman–Crippen MR) is 347 cm³/mol.